The van der Waals surface area contributed by atoms with Gasteiger partial charge in [-0.1, -0.05) is 0 Å². The first-order valence-corrected chi connectivity index (χ1v) is 6.49. The zero-order valence-electron chi connectivity index (χ0n) is 9.81. The summed E-state index contributed by atoms with van der Waals surface area (Å²) in [4.78, 5) is 20.8. The van der Waals surface area contributed by atoms with Gasteiger partial charge in [-0.05, 0) is 18.2 Å². The molecule has 0 aliphatic rings. The SMILES string of the molecule is CNC(=O)CNS(=O)(=O)c1cc(C(=O)O)ccc1F. The first-order chi connectivity index (χ1) is 8.77. The van der Waals surface area contributed by atoms with Gasteiger partial charge in [-0.15, -0.1) is 0 Å². The van der Waals surface area contributed by atoms with Crippen LogP contribution in [0, 0.1) is 5.82 Å². The number of rotatable bonds is 5. The van der Waals surface area contributed by atoms with Gasteiger partial charge in [0.25, 0.3) is 0 Å². The Labute approximate surface area is 108 Å². The fourth-order valence-electron chi connectivity index (χ4n) is 1.17. The van der Waals surface area contributed by atoms with Crippen molar-refractivity contribution in [3.8, 4) is 0 Å². The summed E-state index contributed by atoms with van der Waals surface area (Å²) in [5, 5.41) is 10.9. The van der Waals surface area contributed by atoms with E-state index in [9.17, 15) is 22.4 Å². The van der Waals surface area contributed by atoms with Gasteiger partial charge in [-0.2, -0.15) is 0 Å². The van der Waals surface area contributed by atoms with Gasteiger partial charge in [-0.25, -0.2) is 22.3 Å². The lowest BCUT2D eigenvalue weighted by molar-refractivity contribution is -0.119. The number of amides is 1. The maximum absolute atomic E-state index is 13.4. The molecule has 0 fully saturated rings. The summed E-state index contributed by atoms with van der Waals surface area (Å²) in [6.45, 7) is -0.574. The van der Waals surface area contributed by atoms with Gasteiger partial charge >= 0.3 is 5.97 Å². The third-order valence-electron chi connectivity index (χ3n) is 2.17. The first-order valence-electron chi connectivity index (χ1n) is 5.01. The van der Waals surface area contributed by atoms with Crippen molar-refractivity contribution in [3.63, 3.8) is 0 Å². The molecule has 0 radical (unpaired) electrons. The van der Waals surface area contributed by atoms with Gasteiger partial charge in [0.2, 0.25) is 15.9 Å². The highest BCUT2D eigenvalue weighted by Crippen LogP contribution is 2.16. The van der Waals surface area contributed by atoms with Crippen LogP contribution in [-0.2, 0) is 14.8 Å². The minimum atomic E-state index is -4.30. The van der Waals surface area contributed by atoms with Crippen LogP contribution in [0.5, 0.6) is 0 Å². The first kappa shape index (κ1) is 15.1. The highest BCUT2D eigenvalue weighted by molar-refractivity contribution is 7.89. The van der Waals surface area contributed by atoms with E-state index in [0.29, 0.717) is 6.07 Å². The van der Waals surface area contributed by atoms with E-state index < -0.39 is 39.2 Å². The summed E-state index contributed by atoms with van der Waals surface area (Å²) >= 11 is 0. The maximum atomic E-state index is 13.4. The van der Waals surface area contributed by atoms with E-state index in [-0.39, 0.29) is 5.56 Å². The van der Waals surface area contributed by atoms with E-state index >= 15 is 0 Å². The van der Waals surface area contributed by atoms with Crippen molar-refractivity contribution in [1.29, 1.82) is 0 Å². The van der Waals surface area contributed by atoms with Gasteiger partial charge < -0.3 is 10.4 Å². The predicted octanol–water partition coefficient (Wildman–Crippen LogP) is -0.452. The molecule has 19 heavy (non-hydrogen) atoms. The molecule has 7 nitrogen and oxygen atoms in total. The second-order valence-electron chi connectivity index (χ2n) is 3.45. The van der Waals surface area contributed by atoms with Crippen molar-refractivity contribution in [2.24, 2.45) is 0 Å². The summed E-state index contributed by atoms with van der Waals surface area (Å²) < 4.78 is 38.7. The second kappa shape index (κ2) is 5.76. The number of likely N-dealkylation sites (N-methyl/N-ethyl adjacent to an activating group) is 1. The zero-order valence-corrected chi connectivity index (χ0v) is 10.6. The van der Waals surface area contributed by atoms with Crippen molar-refractivity contribution in [2.45, 2.75) is 4.90 Å². The van der Waals surface area contributed by atoms with Crippen LogP contribution in [0.2, 0.25) is 0 Å². The molecule has 1 rings (SSSR count). The number of hydrogen-bond acceptors (Lipinski definition) is 4. The van der Waals surface area contributed by atoms with Gasteiger partial charge in [0.15, 0.2) is 0 Å². The molecule has 0 saturated heterocycles. The Hall–Kier alpha value is -2.00. The van der Waals surface area contributed by atoms with Gasteiger partial charge in [0.05, 0.1) is 12.1 Å². The molecule has 1 aromatic rings. The van der Waals surface area contributed by atoms with E-state index in [2.05, 4.69) is 5.32 Å². The third kappa shape index (κ3) is 3.73. The van der Waals surface area contributed by atoms with Crippen LogP contribution >= 0.6 is 0 Å². The molecular weight excluding hydrogens is 279 g/mol. The van der Waals surface area contributed by atoms with Crippen LogP contribution in [0.1, 0.15) is 10.4 Å². The molecular formula is C10H11FN2O5S. The molecule has 0 spiro atoms. The van der Waals surface area contributed by atoms with Crippen LogP contribution < -0.4 is 10.0 Å². The molecule has 1 amide bonds. The molecule has 0 saturated carbocycles. The molecule has 0 aliphatic heterocycles. The van der Waals surface area contributed by atoms with E-state index in [1.807, 2.05) is 4.72 Å². The molecule has 1 aromatic carbocycles. The lowest BCUT2D eigenvalue weighted by atomic mass is 10.2. The number of hydrogen-bond donors (Lipinski definition) is 3. The highest BCUT2D eigenvalue weighted by Gasteiger charge is 2.21. The molecule has 104 valence electrons. The number of nitrogens with one attached hydrogen (secondary N) is 2. The average molecular weight is 290 g/mol. The average Bonchev–Trinajstić information content (AvgIpc) is 2.36. The number of carbonyl (C=O) groups excluding carboxylic acids is 1. The van der Waals surface area contributed by atoms with Gasteiger partial charge in [0.1, 0.15) is 10.7 Å². The standard InChI is InChI=1S/C10H11FN2O5S/c1-12-9(14)5-13-19(17,18)8-4-6(10(15)16)2-3-7(8)11/h2-4,13H,5H2,1H3,(H,12,14)(H,15,16). The fraction of sp³-hybridized carbons (Fsp3) is 0.200. The van der Waals surface area contributed by atoms with E-state index in [1.165, 1.54) is 7.05 Å². The summed E-state index contributed by atoms with van der Waals surface area (Å²) in [7, 11) is -2.99. The van der Waals surface area contributed by atoms with E-state index in [1.54, 1.807) is 0 Å². The molecule has 0 bridgehead atoms. The second-order valence-corrected chi connectivity index (χ2v) is 5.18. The minimum Gasteiger partial charge on any atom is -0.478 e. The number of halogens is 1. The monoisotopic (exact) mass is 290 g/mol. The van der Waals surface area contributed by atoms with Crippen LogP contribution in [0.25, 0.3) is 0 Å². The predicted molar refractivity (Wildman–Crippen MR) is 62.6 cm³/mol. The lowest BCUT2D eigenvalue weighted by Crippen LogP contribution is -2.35. The quantitative estimate of drug-likeness (QED) is 0.679. The van der Waals surface area contributed by atoms with Crippen molar-refractivity contribution in [1.82, 2.24) is 10.0 Å². The number of aromatic carboxylic acids is 1. The Morgan fingerprint density at radius 3 is 2.53 bits per heavy atom. The topological polar surface area (TPSA) is 113 Å². The molecule has 0 atom stereocenters. The van der Waals surface area contributed by atoms with Crippen molar-refractivity contribution in [2.75, 3.05) is 13.6 Å². The zero-order chi connectivity index (χ0) is 14.6. The molecule has 3 N–H and O–H groups in total. The summed E-state index contributed by atoms with van der Waals surface area (Å²) in [5.41, 5.74) is -0.373. The fourth-order valence-corrected chi connectivity index (χ4v) is 2.25. The largest absolute Gasteiger partial charge is 0.478 e. The summed E-state index contributed by atoms with van der Waals surface area (Å²) in [6, 6.07) is 2.36. The maximum Gasteiger partial charge on any atom is 0.335 e. The summed E-state index contributed by atoms with van der Waals surface area (Å²) in [6.07, 6.45) is 0. The van der Waals surface area contributed by atoms with Crippen molar-refractivity contribution in [3.05, 3.63) is 29.6 Å². The Balaban J connectivity index is 3.10. The van der Waals surface area contributed by atoms with Crippen molar-refractivity contribution >= 4 is 21.9 Å². The molecule has 0 unspecified atom stereocenters. The van der Waals surface area contributed by atoms with Crippen LogP contribution in [0.15, 0.2) is 23.1 Å². The van der Waals surface area contributed by atoms with Crippen LogP contribution in [0.3, 0.4) is 0 Å². The Kier molecular flexibility index (Phi) is 4.57. The lowest BCUT2D eigenvalue weighted by Gasteiger charge is -2.07. The van der Waals surface area contributed by atoms with E-state index in [0.717, 1.165) is 12.1 Å². The molecule has 0 heterocycles. The van der Waals surface area contributed by atoms with Gasteiger partial charge in [0, 0.05) is 7.05 Å². The smallest absolute Gasteiger partial charge is 0.335 e. The molecule has 0 aromatic heterocycles. The Morgan fingerprint density at radius 2 is 2.00 bits per heavy atom. The number of carboxylic acid groups (broad SMARTS) is 1. The molecule has 9 heteroatoms. The van der Waals surface area contributed by atoms with Crippen LogP contribution in [-0.4, -0.2) is 39.0 Å². The van der Waals surface area contributed by atoms with Gasteiger partial charge in [-0.3, -0.25) is 4.79 Å². The van der Waals surface area contributed by atoms with Crippen LogP contribution in [0.4, 0.5) is 4.39 Å². The Morgan fingerprint density at radius 1 is 1.37 bits per heavy atom. The molecule has 0 aliphatic carbocycles. The highest BCUT2D eigenvalue weighted by atomic mass is 32.2. The minimum absolute atomic E-state index is 0.373. The number of sulfonamides is 1. The Bertz CT molecular complexity index is 614. The number of benzene rings is 1. The summed E-state index contributed by atoms with van der Waals surface area (Å²) in [5.74, 6) is -3.10. The normalized spacial score (nSPS) is 11.1. The number of carboxylic acids is 1. The van der Waals surface area contributed by atoms with E-state index in [4.69, 9.17) is 5.11 Å². The third-order valence-corrected chi connectivity index (χ3v) is 3.59. The number of carbonyl (C=O) groups is 2. The van der Waals surface area contributed by atoms with Crippen molar-refractivity contribution < 1.29 is 27.5 Å².